The Hall–Kier alpha value is -3.45. The Kier molecular flexibility index (Phi) is 5.50. The Morgan fingerprint density at radius 3 is 2.79 bits per heavy atom. The number of anilines is 1. The molecule has 1 aliphatic carbocycles. The van der Waals surface area contributed by atoms with Crippen molar-refractivity contribution in [1.29, 1.82) is 0 Å². The highest BCUT2D eigenvalue weighted by atomic mass is 35.5. The number of carbonyl (C=O) groups excluding carboxylic acids is 1. The van der Waals surface area contributed by atoms with Crippen molar-refractivity contribution in [3.63, 3.8) is 0 Å². The van der Waals surface area contributed by atoms with Gasteiger partial charge >= 0.3 is 0 Å². The van der Waals surface area contributed by atoms with Gasteiger partial charge in [-0.25, -0.2) is 9.67 Å². The van der Waals surface area contributed by atoms with Crippen LogP contribution < -0.4 is 10.5 Å². The summed E-state index contributed by atoms with van der Waals surface area (Å²) in [5, 5.41) is 5.23. The molecule has 0 fully saturated rings. The zero-order valence-electron chi connectivity index (χ0n) is 18.5. The summed E-state index contributed by atoms with van der Waals surface area (Å²) in [6.07, 6.45) is 2.39. The maximum atomic E-state index is 13.3. The molecule has 168 valence electrons. The molecule has 2 aromatic heterocycles. The van der Waals surface area contributed by atoms with Gasteiger partial charge in [-0.3, -0.25) is 9.59 Å². The zero-order valence-corrected chi connectivity index (χ0v) is 19.2. The van der Waals surface area contributed by atoms with Gasteiger partial charge in [0.05, 0.1) is 5.69 Å². The number of hydrogen-bond acceptors (Lipinski definition) is 5. The smallest absolute Gasteiger partial charge is 0.270 e. The number of aryl methyl sites for hydroxylation is 1. The lowest BCUT2D eigenvalue weighted by Crippen LogP contribution is -2.38. The van der Waals surface area contributed by atoms with E-state index in [0.717, 1.165) is 40.7 Å². The van der Waals surface area contributed by atoms with Crippen LogP contribution in [0.25, 0.3) is 22.4 Å². The number of carbonyl (C=O) groups is 1. The number of amides is 1. The highest BCUT2D eigenvalue weighted by molar-refractivity contribution is 6.30. The van der Waals surface area contributed by atoms with Gasteiger partial charge in [0.1, 0.15) is 12.1 Å². The van der Waals surface area contributed by atoms with Gasteiger partial charge in [-0.1, -0.05) is 23.7 Å². The Labute approximate surface area is 195 Å². The molecule has 33 heavy (non-hydrogen) atoms. The van der Waals surface area contributed by atoms with Crippen molar-refractivity contribution in [1.82, 2.24) is 14.8 Å². The lowest BCUT2D eigenvalue weighted by Gasteiger charge is -2.21. The van der Waals surface area contributed by atoms with E-state index in [1.807, 2.05) is 37.3 Å². The Balaban J connectivity index is 1.51. The van der Waals surface area contributed by atoms with Crippen molar-refractivity contribution < 1.29 is 9.21 Å². The second kappa shape index (κ2) is 8.48. The molecular weight excluding hydrogens is 440 g/mol. The number of nitrogens with zero attached hydrogens (tertiary/aromatic N) is 4. The number of oxazole rings is 1. The minimum atomic E-state index is -0.224. The van der Waals surface area contributed by atoms with Crippen LogP contribution in [0.1, 0.15) is 30.4 Å². The van der Waals surface area contributed by atoms with Crippen molar-refractivity contribution in [3.8, 4) is 11.3 Å². The fourth-order valence-electron chi connectivity index (χ4n) is 4.51. The van der Waals surface area contributed by atoms with Gasteiger partial charge in [-0.2, -0.15) is 5.10 Å². The third-order valence-electron chi connectivity index (χ3n) is 6.01. The highest BCUT2D eigenvalue weighted by Crippen LogP contribution is 2.30. The van der Waals surface area contributed by atoms with Crippen LogP contribution in [0.15, 0.2) is 51.7 Å². The number of halogens is 1. The van der Waals surface area contributed by atoms with Crippen LogP contribution in [-0.2, 0) is 24.2 Å². The first kappa shape index (κ1) is 21.4. The quantitative estimate of drug-likeness (QED) is 0.434. The standard InChI is InChI=1S/C25H23ClN4O3/c1-3-29(18-10-11-21-22(13-18)33-15(2)27-21)23(31)14-30-25(32)20-9-5-8-19(20)24(28-30)16-6-4-7-17(26)12-16/h4,6-7,10-13H,3,5,8-9,14H2,1-2H3. The number of fused-ring (bicyclic) bond motifs is 2. The summed E-state index contributed by atoms with van der Waals surface area (Å²) >= 11 is 6.20. The lowest BCUT2D eigenvalue weighted by molar-refractivity contribution is -0.119. The van der Waals surface area contributed by atoms with Crippen LogP contribution in [0.2, 0.25) is 5.02 Å². The summed E-state index contributed by atoms with van der Waals surface area (Å²) in [6.45, 7) is 3.97. The average Bonchev–Trinajstić information content (AvgIpc) is 3.42. The molecule has 1 aliphatic rings. The SMILES string of the molecule is CCN(C(=O)Cn1nc(-c2cccc(Cl)c2)c2c(c1=O)CCC2)c1ccc2nc(C)oc2c1. The molecule has 0 saturated carbocycles. The summed E-state index contributed by atoms with van der Waals surface area (Å²) in [5.74, 6) is 0.344. The first-order valence-corrected chi connectivity index (χ1v) is 11.4. The van der Waals surface area contributed by atoms with E-state index in [9.17, 15) is 9.59 Å². The number of hydrogen-bond donors (Lipinski definition) is 0. The van der Waals surface area contributed by atoms with Gasteiger partial charge in [0.15, 0.2) is 11.5 Å². The van der Waals surface area contributed by atoms with E-state index in [2.05, 4.69) is 10.1 Å². The van der Waals surface area contributed by atoms with Gasteiger partial charge in [-0.05, 0) is 56.0 Å². The largest absolute Gasteiger partial charge is 0.441 e. The fourth-order valence-corrected chi connectivity index (χ4v) is 4.70. The number of aromatic nitrogens is 3. The highest BCUT2D eigenvalue weighted by Gasteiger charge is 2.25. The van der Waals surface area contributed by atoms with Crippen LogP contribution in [0.4, 0.5) is 5.69 Å². The average molecular weight is 463 g/mol. The molecule has 8 heteroatoms. The zero-order chi connectivity index (χ0) is 23.1. The first-order valence-electron chi connectivity index (χ1n) is 11.0. The van der Waals surface area contributed by atoms with Crippen molar-refractivity contribution >= 4 is 34.3 Å². The Bertz CT molecular complexity index is 1440. The van der Waals surface area contributed by atoms with E-state index in [1.54, 1.807) is 24.0 Å². The molecule has 5 rings (SSSR count). The predicted octanol–water partition coefficient (Wildman–Crippen LogP) is 4.56. The third kappa shape index (κ3) is 3.93. The molecule has 1 amide bonds. The number of rotatable bonds is 5. The molecule has 0 spiro atoms. The summed E-state index contributed by atoms with van der Waals surface area (Å²) in [4.78, 5) is 32.4. The number of benzene rings is 2. The summed E-state index contributed by atoms with van der Waals surface area (Å²) < 4.78 is 6.91. The maximum absolute atomic E-state index is 13.3. The topological polar surface area (TPSA) is 81.2 Å². The molecule has 0 bridgehead atoms. The maximum Gasteiger partial charge on any atom is 0.270 e. The molecular formula is C25H23ClN4O3. The van der Waals surface area contributed by atoms with Gasteiger partial charge < -0.3 is 9.32 Å². The van der Waals surface area contributed by atoms with E-state index >= 15 is 0 Å². The fraction of sp³-hybridized carbons (Fsp3) is 0.280. The van der Waals surface area contributed by atoms with Gasteiger partial charge in [0.25, 0.3) is 5.56 Å². The third-order valence-corrected chi connectivity index (χ3v) is 6.24. The van der Waals surface area contributed by atoms with Gasteiger partial charge in [0.2, 0.25) is 5.91 Å². The molecule has 0 unspecified atom stereocenters. The molecule has 0 atom stereocenters. The molecule has 0 radical (unpaired) electrons. The normalized spacial score (nSPS) is 12.8. The molecule has 0 aliphatic heterocycles. The molecule has 0 saturated heterocycles. The summed E-state index contributed by atoms with van der Waals surface area (Å²) in [5.41, 5.74) is 5.13. The summed E-state index contributed by atoms with van der Waals surface area (Å²) in [6, 6.07) is 12.9. The minimum Gasteiger partial charge on any atom is -0.441 e. The van der Waals surface area contributed by atoms with Gasteiger partial charge in [-0.15, -0.1) is 0 Å². The lowest BCUT2D eigenvalue weighted by atomic mass is 10.0. The Morgan fingerprint density at radius 1 is 1.18 bits per heavy atom. The number of likely N-dealkylation sites (N-methyl/N-ethyl adjacent to an activating group) is 1. The van der Waals surface area contributed by atoms with E-state index < -0.39 is 0 Å². The van der Waals surface area contributed by atoms with E-state index in [-0.39, 0.29) is 18.0 Å². The minimum absolute atomic E-state index is 0.152. The van der Waals surface area contributed by atoms with Crippen molar-refractivity contribution in [3.05, 3.63) is 74.9 Å². The molecule has 7 nitrogen and oxygen atoms in total. The van der Waals surface area contributed by atoms with E-state index in [0.29, 0.717) is 35.1 Å². The van der Waals surface area contributed by atoms with Crippen LogP contribution in [-0.4, -0.2) is 27.2 Å². The predicted molar refractivity (Wildman–Crippen MR) is 128 cm³/mol. The van der Waals surface area contributed by atoms with Crippen LogP contribution >= 0.6 is 11.6 Å². The van der Waals surface area contributed by atoms with E-state index in [1.165, 1.54) is 4.68 Å². The first-order chi connectivity index (χ1) is 15.9. The van der Waals surface area contributed by atoms with Crippen molar-refractivity contribution in [2.75, 3.05) is 11.4 Å². The second-order valence-corrected chi connectivity index (χ2v) is 8.59. The van der Waals surface area contributed by atoms with E-state index in [4.69, 9.17) is 16.0 Å². The molecule has 4 aromatic rings. The molecule has 2 heterocycles. The van der Waals surface area contributed by atoms with Crippen LogP contribution in [0, 0.1) is 6.92 Å². The molecule has 0 N–H and O–H groups in total. The van der Waals surface area contributed by atoms with Gasteiger partial charge in [0, 0.05) is 41.4 Å². The Morgan fingerprint density at radius 2 is 2.00 bits per heavy atom. The molecule has 2 aromatic carbocycles. The summed E-state index contributed by atoms with van der Waals surface area (Å²) in [7, 11) is 0. The van der Waals surface area contributed by atoms with Crippen molar-refractivity contribution in [2.45, 2.75) is 39.7 Å². The van der Waals surface area contributed by atoms with Crippen LogP contribution in [0.3, 0.4) is 0 Å². The monoisotopic (exact) mass is 462 g/mol. The van der Waals surface area contributed by atoms with Crippen LogP contribution in [0.5, 0.6) is 0 Å². The second-order valence-electron chi connectivity index (χ2n) is 8.16. The van der Waals surface area contributed by atoms with Crippen molar-refractivity contribution in [2.24, 2.45) is 0 Å².